The molecule has 37 heavy (non-hydrogen) atoms. The molecule has 0 aromatic heterocycles. The maximum atomic E-state index is 12.6. The van der Waals surface area contributed by atoms with Gasteiger partial charge in [-0.1, -0.05) is 0 Å². The number of nitrogens with zero attached hydrogens (tertiary/aromatic N) is 3. The molecular weight excluding hydrogens is 486 g/mol. The summed E-state index contributed by atoms with van der Waals surface area (Å²) in [6, 6.07) is 3.42. The Labute approximate surface area is 213 Å². The predicted octanol–water partition coefficient (Wildman–Crippen LogP) is 1.60. The van der Waals surface area contributed by atoms with Crippen LogP contribution in [-0.2, 0) is 14.3 Å². The summed E-state index contributed by atoms with van der Waals surface area (Å²) in [4.78, 5) is 74.4. The molecule has 2 heterocycles. The van der Waals surface area contributed by atoms with Crippen LogP contribution in [0.5, 0.6) is 0 Å². The van der Waals surface area contributed by atoms with Gasteiger partial charge < -0.3 is 20.3 Å². The fourth-order valence-corrected chi connectivity index (χ4v) is 4.16. The van der Waals surface area contributed by atoms with Gasteiger partial charge in [0.25, 0.3) is 17.5 Å². The molecule has 0 atom stereocenters. The Bertz CT molecular complexity index is 1100. The van der Waals surface area contributed by atoms with Crippen molar-refractivity contribution >= 4 is 35.4 Å². The van der Waals surface area contributed by atoms with Crippen LogP contribution in [0.25, 0.3) is 0 Å². The minimum absolute atomic E-state index is 0.00376. The van der Waals surface area contributed by atoms with Crippen LogP contribution in [0.15, 0.2) is 18.2 Å². The number of likely N-dealkylation sites (tertiary alicyclic amines) is 1. The molecule has 1 saturated heterocycles. The van der Waals surface area contributed by atoms with Gasteiger partial charge in [-0.25, -0.2) is 4.79 Å². The van der Waals surface area contributed by atoms with E-state index >= 15 is 0 Å². The Balaban J connectivity index is 1.37. The van der Waals surface area contributed by atoms with Crippen molar-refractivity contribution in [2.45, 2.75) is 58.1 Å². The van der Waals surface area contributed by atoms with Crippen LogP contribution < -0.4 is 10.6 Å². The molecular formula is C24H31N5O8. The number of nitro benzene ring substituents is 1. The van der Waals surface area contributed by atoms with Gasteiger partial charge in [0, 0.05) is 44.2 Å². The third-order valence-electron chi connectivity index (χ3n) is 5.94. The number of hydrogen-bond acceptors (Lipinski definition) is 8. The number of hydrogen-bond donors (Lipinski definition) is 2. The minimum atomic E-state index is -0.675. The summed E-state index contributed by atoms with van der Waals surface area (Å²) in [5.41, 5.74) is -0.813. The lowest BCUT2D eigenvalue weighted by atomic mass is 10.0. The summed E-state index contributed by atoms with van der Waals surface area (Å²) >= 11 is 0. The summed E-state index contributed by atoms with van der Waals surface area (Å²) in [6.07, 6.45) is 0.831. The number of non-ortho nitro benzene ring substituents is 1. The Morgan fingerprint density at radius 1 is 1.11 bits per heavy atom. The first-order valence-corrected chi connectivity index (χ1v) is 12.0. The number of piperidine rings is 1. The molecule has 13 nitrogen and oxygen atoms in total. The zero-order valence-electron chi connectivity index (χ0n) is 21.1. The van der Waals surface area contributed by atoms with E-state index in [0.717, 1.165) is 11.0 Å². The average molecular weight is 518 g/mol. The van der Waals surface area contributed by atoms with E-state index in [1.807, 2.05) is 0 Å². The van der Waals surface area contributed by atoms with Crippen molar-refractivity contribution in [1.29, 1.82) is 0 Å². The fraction of sp³-hybridized carbons (Fsp3) is 0.542. The van der Waals surface area contributed by atoms with Gasteiger partial charge in [0.1, 0.15) is 12.1 Å². The molecule has 0 bridgehead atoms. The zero-order valence-corrected chi connectivity index (χ0v) is 21.1. The van der Waals surface area contributed by atoms with Gasteiger partial charge in [0.15, 0.2) is 0 Å². The molecule has 200 valence electrons. The van der Waals surface area contributed by atoms with Gasteiger partial charge in [0.05, 0.1) is 16.1 Å². The van der Waals surface area contributed by atoms with Crippen LogP contribution in [0.3, 0.4) is 0 Å². The smallest absolute Gasteiger partial charge is 0.408 e. The Morgan fingerprint density at radius 2 is 1.76 bits per heavy atom. The van der Waals surface area contributed by atoms with Crippen LogP contribution in [0.1, 0.15) is 67.2 Å². The Hall–Kier alpha value is -4.03. The number of amides is 5. The number of carbonyl (C=O) groups excluding carboxylic acids is 5. The molecule has 0 saturated carbocycles. The molecule has 1 fully saturated rings. The Morgan fingerprint density at radius 3 is 2.38 bits per heavy atom. The second kappa shape index (κ2) is 11.4. The maximum absolute atomic E-state index is 12.6. The van der Waals surface area contributed by atoms with Crippen molar-refractivity contribution < 1.29 is 33.6 Å². The molecule has 0 radical (unpaired) electrons. The number of nitrogens with one attached hydrogen (secondary N) is 2. The number of ether oxygens (including phenoxy) is 1. The highest BCUT2D eigenvalue weighted by Crippen LogP contribution is 2.27. The van der Waals surface area contributed by atoms with Gasteiger partial charge in [-0.05, 0) is 46.1 Å². The van der Waals surface area contributed by atoms with Crippen molar-refractivity contribution in [3.05, 3.63) is 39.4 Å². The van der Waals surface area contributed by atoms with E-state index < -0.39 is 28.4 Å². The molecule has 1 aromatic rings. The fourth-order valence-electron chi connectivity index (χ4n) is 4.16. The van der Waals surface area contributed by atoms with Crippen LogP contribution in [-0.4, -0.2) is 82.3 Å². The quantitative estimate of drug-likeness (QED) is 0.298. The first kappa shape index (κ1) is 27.6. The predicted molar refractivity (Wildman–Crippen MR) is 130 cm³/mol. The molecule has 2 N–H and O–H groups in total. The second-order valence-corrected chi connectivity index (χ2v) is 9.93. The van der Waals surface area contributed by atoms with E-state index in [-0.39, 0.29) is 60.6 Å². The van der Waals surface area contributed by atoms with Crippen LogP contribution in [0, 0.1) is 10.1 Å². The van der Waals surface area contributed by atoms with Crippen molar-refractivity contribution in [2.75, 3.05) is 26.2 Å². The second-order valence-electron chi connectivity index (χ2n) is 9.93. The first-order chi connectivity index (χ1) is 17.4. The molecule has 2 aliphatic heterocycles. The molecule has 5 amide bonds. The molecule has 2 aliphatic rings. The third kappa shape index (κ3) is 7.24. The minimum Gasteiger partial charge on any atom is -0.444 e. The number of benzene rings is 1. The maximum Gasteiger partial charge on any atom is 0.408 e. The van der Waals surface area contributed by atoms with E-state index in [9.17, 15) is 34.1 Å². The summed E-state index contributed by atoms with van der Waals surface area (Å²) in [6.45, 7) is 5.88. The van der Waals surface area contributed by atoms with E-state index in [4.69, 9.17) is 4.74 Å². The summed E-state index contributed by atoms with van der Waals surface area (Å²) in [5, 5.41) is 16.2. The lowest BCUT2D eigenvalue weighted by molar-refractivity contribution is -0.384. The number of alkyl carbamates (subject to hydrolysis) is 1. The zero-order chi connectivity index (χ0) is 27.3. The average Bonchev–Trinajstić information content (AvgIpc) is 3.06. The lowest BCUT2D eigenvalue weighted by Crippen LogP contribution is -2.49. The molecule has 3 rings (SSSR count). The van der Waals surface area contributed by atoms with Gasteiger partial charge in [-0.3, -0.25) is 34.2 Å². The van der Waals surface area contributed by atoms with Gasteiger partial charge in [0.2, 0.25) is 11.8 Å². The number of imide groups is 1. The SMILES string of the molecule is CC(C)(C)OC(=O)NCC(=O)NC1CCN(C(=O)CCCN2C(=O)c3ccc([N+](=O)[O-])cc3C2=O)CC1. The molecule has 0 unspecified atom stereocenters. The number of nitro groups is 1. The molecule has 13 heteroatoms. The summed E-state index contributed by atoms with van der Waals surface area (Å²) in [7, 11) is 0. The molecule has 0 aliphatic carbocycles. The highest BCUT2D eigenvalue weighted by atomic mass is 16.6. The van der Waals surface area contributed by atoms with Crippen molar-refractivity contribution in [3.8, 4) is 0 Å². The highest BCUT2D eigenvalue weighted by molar-refractivity contribution is 6.21. The van der Waals surface area contributed by atoms with E-state index in [2.05, 4.69) is 10.6 Å². The lowest BCUT2D eigenvalue weighted by Gasteiger charge is -2.32. The molecule has 1 aromatic carbocycles. The first-order valence-electron chi connectivity index (χ1n) is 12.0. The van der Waals surface area contributed by atoms with Gasteiger partial charge in [-0.15, -0.1) is 0 Å². The van der Waals surface area contributed by atoms with Gasteiger partial charge in [-0.2, -0.15) is 0 Å². The summed E-state index contributed by atoms with van der Waals surface area (Å²) < 4.78 is 5.09. The van der Waals surface area contributed by atoms with Crippen LogP contribution in [0.2, 0.25) is 0 Å². The van der Waals surface area contributed by atoms with E-state index in [1.54, 1.807) is 25.7 Å². The van der Waals surface area contributed by atoms with E-state index in [1.165, 1.54) is 12.1 Å². The van der Waals surface area contributed by atoms with Crippen molar-refractivity contribution in [2.24, 2.45) is 0 Å². The van der Waals surface area contributed by atoms with Gasteiger partial charge >= 0.3 is 6.09 Å². The highest BCUT2D eigenvalue weighted by Gasteiger charge is 2.36. The number of carbonyl (C=O) groups is 5. The van der Waals surface area contributed by atoms with Crippen LogP contribution in [0.4, 0.5) is 10.5 Å². The Kier molecular flexibility index (Phi) is 8.46. The third-order valence-corrected chi connectivity index (χ3v) is 5.94. The normalized spacial score (nSPS) is 15.9. The van der Waals surface area contributed by atoms with Crippen LogP contribution >= 0.6 is 0 Å². The van der Waals surface area contributed by atoms with Crippen molar-refractivity contribution in [1.82, 2.24) is 20.4 Å². The number of fused-ring (bicyclic) bond motifs is 1. The van der Waals surface area contributed by atoms with E-state index in [0.29, 0.717) is 25.9 Å². The monoisotopic (exact) mass is 517 g/mol. The van der Waals surface area contributed by atoms with Crippen molar-refractivity contribution in [3.63, 3.8) is 0 Å². The largest absolute Gasteiger partial charge is 0.444 e. The number of rotatable bonds is 8. The topological polar surface area (TPSA) is 168 Å². The standard InChI is InChI=1S/C24H31N5O8/c1-24(2,3)37-23(34)25-14-19(30)26-15-8-11-27(12-9-15)20(31)5-4-10-28-21(32)17-7-6-16(29(35)36)13-18(17)22(28)33/h6-7,13,15H,4-5,8-12,14H2,1-3H3,(H,25,34)(H,26,30). The summed E-state index contributed by atoms with van der Waals surface area (Å²) in [5.74, 6) is -1.60. The molecule has 0 spiro atoms.